The average Bonchev–Trinajstić information content (AvgIpc) is 2.93. The number of para-hydroxylation sites is 1. The van der Waals surface area contributed by atoms with E-state index < -0.39 is 11.9 Å². The predicted molar refractivity (Wildman–Crippen MR) is 134 cm³/mol. The predicted octanol–water partition coefficient (Wildman–Crippen LogP) is 5.79. The minimum atomic E-state index is -0.472. The highest BCUT2D eigenvalue weighted by molar-refractivity contribution is 5.93. The first-order chi connectivity index (χ1) is 17.1. The van der Waals surface area contributed by atoms with Crippen molar-refractivity contribution in [2.24, 2.45) is 0 Å². The second kappa shape index (κ2) is 11.1. The number of benzene rings is 4. The van der Waals surface area contributed by atoms with Crippen LogP contribution in [0.1, 0.15) is 31.8 Å². The van der Waals surface area contributed by atoms with Crippen LogP contribution >= 0.6 is 0 Å². The third-order valence-corrected chi connectivity index (χ3v) is 5.50. The van der Waals surface area contributed by atoms with Gasteiger partial charge in [-0.1, -0.05) is 42.5 Å². The van der Waals surface area contributed by atoms with E-state index in [0.29, 0.717) is 11.1 Å². The number of ether oxygens (including phenoxy) is 2. The fraction of sp³-hybridized carbons (Fsp3) is 0.103. The molecule has 35 heavy (non-hydrogen) atoms. The lowest BCUT2D eigenvalue weighted by atomic mass is 10.1. The van der Waals surface area contributed by atoms with Gasteiger partial charge in [0.25, 0.3) is 0 Å². The Balaban J connectivity index is 1.48. The summed E-state index contributed by atoms with van der Waals surface area (Å²) in [4.78, 5) is 26.1. The molecule has 0 amide bonds. The van der Waals surface area contributed by atoms with Crippen molar-refractivity contribution in [3.05, 3.63) is 125 Å². The summed E-state index contributed by atoms with van der Waals surface area (Å²) >= 11 is 0. The minimum absolute atomic E-state index is 0.00550. The molecule has 0 bridgehead atoms. The molecule has 0 aliphatic heterocycles. The summed E-state index contributed by atoms with van der Waals surface area (Å²) in [5.41, 5.74) is 5.32. The van der Waals surface area contributed by atoms with Crippen molar-refractivity contribution < 1.29 is 24.2 Å². The van der Waals surface area contributed by atoms with Gasteiger partial charge in [0.15, 0.2) is 0 Å². The van der Waals surface area contributed by atoms with Gasteiger partial charge in [-0.05, 0) is 71.8 Å². The molecule has 0 saturated heterocycles. The van der Waals surface area contributed by atoms with E-state index >= 15 is 0 Å². The first-order valence-corrected chi connectivity index (χ1v) is 11.1. The van der Waals surface area contributed by atoms with Crippen LogP contribution in [-0.2, 0) is 22.7 Å². The van der Waals surface area contributed by atoms with Crippen molar-refractivity contribution >= 4 is 29.0 Å². The highest BCUT2D eigenvalue weighted by atomic mass is 16.5. The molecule has 0 fully saturated rings. The standard InChI is InChI=1S/C29H25NO5/c1-34-28(32)23-11-13-24(14-12-23)29(33)35-20-22-9-17-27(18-10-22)30(25-5-3-2-4-6-25)26-15-7-21(19-31)8-16-26/h2-18,31H,19-20H2,1H3. The average molecular weight is 468 g/mol. The Morgan fingerprint density at radius 3 is 1.66 bits per heavy atom. The van der Waals surface area contributed by atoms with Crippen LogP contribution in [0.5, 0.6) is 0 Å². The number of aliphatic hydroxyl groups excluding tert-OH is 1. The molecule has 4 aromatic rings. The van der Waals surface area contributed by atoms with Crippen molar-refractivity contribution in [3.8, 4) is 0 Å². The van der Waals surface area contributed by atoms with Crippen LogP contribution in [0.15, 0.2) is 103 Å². The number of carbonyl (C=O) groups excluding carboxylic acids is 2. The smallest absolute Gasteiger partial charge is 0.338 e. The maximum Gasteiger partial charge on any atom is 0.338 e. The molecule has 6 nitrogen and oxygen atoms in total. The largest absolute Gasteiger partial charge is 0.465 e. The van der Waals surface area contributed by atoms with Crippen molar-refractivity contribution in [2.75, 3.05) is 12.0 Å². The van der Waals surface area contributed by atoms with Gasteiger partial charge in [0, 0.05) is 17.1 Å². The van der Waals surface area contributed by atoms with E-state index in [0.717, 1.165) is 28.2 Å². The van der Waals surface area contributed by atoms with Crippen LogP contribution < -0.4 is 4.90 Å². The van der Waals surface area contributed by atoms with E-state index in [2.05, 4.69) is 9.64 Å². The van der Waals surface area contributed by atoms with E-state index in [1.165, 1.54) is 31.4 Å². The molecule has 1 N–H and O–H groups in total. The quantitative estimate of drug-likeness (QED) is 0.331. The van der Waals surface area contributed by atoms with Gasteiger partial charge in [0.1, 0.15) is 6.61 Å². The van der Waals surface area contributed by atoms with Gasteiger partial charge in [-0.2, -0.15) is 0 Å². The molecular weight excluding hydrogens is 442 g/mol. The Bertz CT molecular complexity index is 1270. The van der Waals surface area contributed by atoms with Crippen LogP contribution in [0.4, 0.5) is 17.1 Å². The number of methoxy groups -OCH3 is 1. The van der Waals surface area contributed by atoms with Gasteiger partial charge in [-0.3, -0.25) is 0 Å². The van der Waals surface area contributed by atoms with Crippen molar-refractivity contribution in [1.82, 2.24) is 0 Å². The zero-order valence-electron chi connectivity index (χ0n) is 19.3. The monoisotopic (exact) mass is 467 g/mol. The zero-order valence-corrected chi connectivity index (χ0v) is 19.3. The summed E-state index contributed by atoms with van der Waals surface area (Å²) in [6.07, 6.45) is 0. The summed E-state index contributed by atoms with van der Waals surface area (Å²) in [5, 5.41) is 9.37. The van der Waals surface area contributed by atoms with E-state index in [-0.39, 0.29) is 13.2 Å². The maximum atomic E-state index is 12.4. The summed E-state index contributed by atoms with van der Waals surface area (Å²) < 4.78 is 10.1. The van der Waals surface area contributed by atoms with Gasteiger partial charge in [0.05, 0.1) is 24.8 Å². The minimum Gasteiger partial charge on any atom is -0.465 e. The summed E-state index contributed by atoms with van der Waals surface area (Å²) in [6, 6.07) is 31.7. The molecule has 0 aliphatic carbocycles. The van der Waals surface area contributed by atoms with Gasteiger partial charge in [-0.15, -0.1) is 0 Å². The Hall–Kier alpha value is -4.42. The normalized spacial score (nSPS) is 10.5. The molecule has 176 valence electrons. The molecule has 0 atom stereocenters. The number of nitrogens with zero attached hydrogens (tertiary/aromatic N) is 1. The Morgan fingerprint density at radius 2 is 1.14 bits per heavy atom. The van der Waals surface area contributed by atoms with Gasteiger partial charge < -0.3 is 19.5 Å². The molecule has 0 heterocycles. The van der Waals surface area contributed by atoms with E-state index in [4.69, 9.17) is 4.74 Å². The number of carbonyl (C=O) groups is 2. The first kappa shape index (κ1) is 23.7. The van der Waals surface area contributed by atoms with Crippen LogP contribution in [0, 0.1) is 0 Å². The van der Waals surface area contributed by atoms with Gasteiger partial charge >= 0.3 is 11.9 Å². The Kier molecular flexibility index (Phi) is 7.55. The third-order valence-electron chi connectivity index (χ3n) is 5.50. The first-order valence-electron chi connectivity index (χ1n) is 11.1. The van der Waals surface area contributed by atoms with Crippen molar-refractivity contribution in [1.29, 1.82) is 0 Å². The number of hydrogen-bond donors (Lipinski definition) is 1. The Labute approximate surface area is 204 Å². The fourth-order valence-electron chi connectivity index (χ4n) is 3.61. The molecule has 4 rings (SSSR count). The Morgan fingerprint density at radius 1 is 0.657 bits per heavy atom. The van der Waals surface area contributed by atoms with Crippen LogP contribution in [0.2, 0.25) is 0 Å². The molecule has 0 radical (unpaired) electrons. The van der Waals surface area contributed by atoms with E-state index in [1.807, 2.05) is 78.9 Å². The van der Waals surface area contributed by atoms with Gasteiger partial charge in [0.2, 0.25) is 0 Å². The fourth-order valence-corrected chi connectivity index (χ4v) is 3.61. The van der Waals surface area contributed by atoms with E-state index in [9.17, 15) is 14.7 Å². The lowest BCUT2D eigenvalue weighted by Crippen LogP contribution is -2.10. The summed E-state index contributed by atoms with van der Waals surface area (Å²) in [7, 11) is 1.31. The lowest BCUT2D eigenvalue weighted by Gasteiger charge is -2.25. The second-order valence-corrected chi connectivity index (χ2v) is 7.81. The molecule has 6 heteroatoms. The molecule has 0 aromatic heterocycles. The van der Waals surface area contributed by atoms with Crippen molar-refractivity contribution in [3.63, 3.8) is 0 Å². The number of aliphatic hydroxyl groups is 1. The summed E-state index contributed by atoms with van der Waals surface area (Å²) in [5.74, 6) is -0.931. The maximum absolute atomic E-state index is 12.4. The number of hydrogen-bond acceptors (Lipinski definition) is 6. The highest BCUT2D eigenvalue weighted by Crippen LogP contribution is 2.34. The molecule has 0 spiro atoms. The molecular formula is C29H25NO5. The van der Waals surface area contributed by atoms with Crippen LogP contribution in [0.25, 0.3) is 0 Å². The molecule has 0 aliphatic rings. The number of rotatable bonds is 8. The third kappa shape index (κ3) is 5.75. The molecule has 0 unspecified atom stereocenters. The zero-order chi connectivity index (χ0) is 24.6. The number of esters is 2. The number of anilines is 3. The molecule has 4 aromatic carbocycles. The lowest BCUT2D eigenvalue weighted by molar-refractivity contribution is 0.0471. The topological polar surface area (TPSA) is 76.1 Å². The molecule has 0 saturated carbocycles. The van der Waals surface area contributed by atoms with E-state index in [1.54, 1.807) is 0 Å². The second-order valence-electron chi connectivity index (χ2n) is 7.81. The summed E-state index contributed by atoms with van der Waals surface area (Å²) in [6.45, 7) is 0.114. The van der Waals surface area contributed by atoms with Crippen LogP contribution in [0.3, 0.4) is 0 Å². The highest BCUT2D eigenvalue weighted by Gasteiger charge is 2.13. The van der Waals surface area contributed by atoms with Gasteiger partial charge in [-0.25, -0.2) is 9.59 Å². The SMILES string of the molecule is COC(=O)c1ccc(C(=O)OCc2ccc(N(c3ccccc3)c3ccc(CO)cc3)cc2)cc1. The van der Waals surface area contributed by atoms with Crippen LogP contribution in [-0.4, -0.2) is 24.2 Å². The van der Waals surface area contributed by atoms with Crippen molar-refractivity contribution in [2.45, 2.75) is 13.2 Å².